The van der Waals surface area contributed by atoms with E-state index in [0.717, 1.165) is 5.69 Å². The van der Waals surface area contributed by atoms with E-state index >= 15 is 0 Å². The highest BCUT2D eigenvalue weighted by Gasteiger charge is 2.45. The standard InChI is InChI=1S/C32H29N3O4/c36-31(21-10-12-23(13-11-21)34-15-5-14-33-34)22-16-24-18-38-19-25(17-22)35(24)32(37)39-20-30-28-8-3-1-6-26(28)27-7-2-4-9-29(27)30/h1-15,22,24-25,30H,16-20H2. The zero-order chi connectivity index (χ0) is 26.3. The van der Waals surface area contributed by atoms with Crippen molar-refractivity contribution in [3.05, 3.63) is 108 Å². The number of fused-ring (bicyclic) bond motifs is 5. The van der Waals surface area contributed by atoms with Crippen LogP contribution in [0.2, 0.25) is 0 Å². The van der Waals surface area contributed by atoms with Crippen LogP contribution in [0.25, 0.3) is 16.8 Å². The van der Waals surface area contributed by atoms with E-state index in [0.29, 0.717) is 31.6 Å². The molecule has 1 aliphatic carbocycles. The highest BCUT2D eigenvalue weighted by atomic mass is 16.6. The van der Waals surface area contributed by atoms with Gasteiger partial charge >= 0.3 is 6.09 Å². The summed E-state index contributed by atoms with van der Waals surface area (Å²) in [6, 6.07) is 25.7. The normalized spacial score (nSPS) is 21.7. The first-order valence-electron chi connectivity index (χ1n) is 13.5. The molecule has 2 aliphatic heterocycles. The quantitative estimate of drug-likeness (QED) is 0.326. The van der Waals surface area contributed by atoms with Crippen LogP contribution in [0.3, 0.4) is 0 Å². The number of ketones is 1. The number of carbonyl (C=O) groups excluding carboxylic acids is 2. The van der Waals surface area contributed by atoms with Crippen LogP contribution in [0.5, 0.6) is 0 Å². The first-order valence-corrected chi connectivity index (χ1v) is 13.5. The van der Waals surface area contributed by atoms with E-state index in [1.165, 1.54) is 22.3 Å². The van der Waals surface area contributed by atoms with E-state index in [1.54, 1.807) is 10.9 Å². The number of piperidine rings is 1. The van der Waals surface area contributed by atoms with Gasteiger partial charge in [-0.1, -0.05) is 48.5 Å². The molecule has 2 unspecified atom stereocenters. The Morgan fingerprint density at radius 2 is 1.49 bits per heavy atom. The van der Waals surface area contributed by atoms with Crippen molar-refractivity contribution >= 4 is 11.9 Å². The Morgan fingerprint density at radius 1 is 0.846 bits per heavy atom. The highest BCUT2D eigenvalue weighted by Crippen LogP contribution is 2.44. The lowest BCUT2D eigenvalue weighted by atomic mass is 9.81. The van der Waals surface area contributed by atoms with Crippen LogP contribution in [0.1, 0.15) is 40.2 Å². The van der Waals surface area contributed by atoms with Crippen LogP contribution < -0.4 is 0 Å². The molecule has 7 heteroatoms. The fraction of sp³-hybridized carbons (Fsp3) is 0.281. The van der Waals surface area contributed by atoms with E-state index in [4.69, 9.17) is 9.47 Å². The number of nitrogens with zero attached hydrogens (tertiary/aromatic N) is 3. The first kappa shape index (κ1) is 23.9. The molecule has 0 spiro atoms. The maximum atomic E-state index is 13.4. The van der Waals surface area contributed by atoms with Crippen LogP contribution in [0.4, 0.5) is 4.79 Å². The lowest BCUT2D eigenvalue weighted by Gasteiger charge is -2.47. The van der Waals surface area contributed by atoms with E-state index in [-0.39, 0.29) is 42.4 Å². The third kappa shape index (κ3) is 4.23. The highest BCUT2D eigenvalue weighted by molar-refractivity contribution is 5.98. The van der Waals surface area contributed by atoms with Crippen molar-refractivity contribution in [1.29, 1.82) is 0 Å². The molecular formula is C32H29N3O4. The maximum Gasteiger partial charge on any atom is 0.410 e. The molecule has 2 atom stereocenters. The molecule has 7 rings (SSSR count). The number of Topliss-reactive ketones (excluding diaryl/α,β-unsaturated/α-hetero) is 1. The number of hydrogen-bond acceptors (Lipinski definition) is 5. The Labute approximate surface area is 227 Å². The van der Waals surface area contributed by atoms with Gasteiger partial charge in [-0.05, 0) is 65.4 Å². The van der Waals surface area contributed by atoms with Crippen molar-refractivity contribution in [1.82, 2.24) is 14.7 Å². The van der Waals surface area contributed by atoms with Crippen LogP contribution in [-0.2, 0) is 9.47 Å². The number of morpholine rings is 1. The molecular weight excluding hydrogens is 490 g/mol. The topological polar surface area (TPSA) is 73.7 Å². The summed E-state index contributed by atoms with van der Waals surface area (Å²) < 4.78 is 13.6. The van der Waals surface area contributed by atoms with Crippen molar-refractivity contribution in [3.8, 4) is 16.8 Å². The molecule has 3 heterocycles. The largest absolute Gasteiger partial charge is 0.448 e. The third-order valence-corrected chi connectivity index (χ3v) is 8.36. The summed E-state index contributed by atoms with van der Waals surface area (Å²) in [4.78, 5) is 28.7. The molecule has 3 aliphatic rings. The Bertz CT molecular complexity index is 1460. The fourth-order valence-electron chi connectivity index (χ4n) is 6.53. The third-order valence-electron chi connectivity index (χ3n) is 8.36. The average Bonchev–Trinajstić information content (AvgIpc) is 3.62. The second kappa shape index (κ2) is 9.82. The molecule has 2 bridgehead atoms. The molecule has 4 aromatic rings. The van der Waals surface area contributed by atoms with Crippen LogP contribution in [0, 0.1) is 5.92 Å². The summed E-state index contributed by atoms with van der Waals surface area (Å²) in [5.41, 5.74) is 6.39. The molecule has 7 nitrogen and oxygen atoms in total. The van der Waals surface area contributed by atoms with Gasteiger partial charge in [-0.25, -0.2) is 9.48 Å². The summed E-state index contributed by atoms with van der Waals surface area (Å²) >= 11 is 0. The zero-order valence-electron chi connectivity index (χ0n) is 21.5. The predicted molar refractivity (Wildman–Crippen MR) is 146 cm³/mol. The molecule has 0 N–H and O–H groups in total. The van der Waals surface area contributed by atoms with Gasteiger partial charge in [-0.3, -0.25) is 9.69 Å². The minimum atomic E-state index is -0.315. The fourth-order valence-corrected chi connectivity index (χ4v) is 6.53. The van der Waals surface area contributed by atoms with Gasteiger partial charge in [0, 0.05) is 29.8 Å². The van der Waals surface area contributed by atoms with Gasteiger partial charge in [-0.2, -0.15) is 5.10 Å². The SMILES string of the molecule is O=C(c1ccc(-n2cccn2)cc1)C1CC2COCC(C1)N2C(=O)OCC1c2ccccc2-c2ccccc21. The number of benzene rings is 3. The Morgan fingerprint density at radius 3 is 2.10 bits per heavy atom. The Kier molecular flexibility index (Phi) is 6.01. The molecule has 0 radical (unpaired) electrons. The predicted octanol–water partition coefficient (Wildman–Crippen LogP) is 5.48. The Balaban J connectivity index is 1.04. The van der Waals surface area contributed by atoms with Gasteiger partial charge in [-0.15, -0.1) is 0 Å². The smallest absolute Gasteiger partial charge is 0.410 e. The minimum Gasteiger partial charge on any atom is -0.448 e. The van der Waals surface area contributed by atoms with Crippen molar-refractivity contribution < 1.29 is 19.1 Å². The van der Waals surface area contributed by atoms with E-state index in [1.807, 2.05) is 65.7 Å². The van der Waals surface area contributed by atoms with E-state index in [9.17, 15) is 9.59 Å². The minimum absolute atomic E-state index is 0.0151. The molecule has 2 fully saturated rings. The summed E-state index contributed by atoms with van der Waals surface area (Å²) in [6.45, 7) is 1.13. The molecule has 196 valence electrons. The summed E-state index contributed by atoms with van der Waals surface area (Å²) in [5.74, 6) is -0.0236. The van der Waals surface area contributed by atoms with Crippen LogP contribution in [-0.4, -0.2) is 58.5 Å². The zero-order valence-corrected chi connectivity index (χ0v) is 21.5. The number of amides is 1. The van der Waals surface area contributed by atoms with Gasteiger partial charge in [0.25, 0.3) is 0 Å². The number of carbonyl (C=O) groups is 2. The lowest BCUT2D eigenvalue weighted by Crippen LogP contribution is -2.60. The summed E-state index contributed by atoms with van der Waals surface area (Å²) in [7, 11) is 0. The maximum absolute atomic E-state index is 13.4. The summed E-state index contributed by atoms with van der Waals surface area (Å²) in [6.07, 6.45) is 4.42. The number of rotatable bonds is 5. The Hall–Kier alpha value is -4.23. The molecule has 3 aromatic carbocycles. The first-order chi connectivity index (χ1) is 19.2. The lowest BCUT2D eigenvalue weighted by molar-refractivity contribution is -0.0747. The number of ether oxygens (including phenoxy) is 2. The van der Waals surface area contributed by atoms with Gasteiger partial charge in [0.05, 0.1) is 31.0 Å². The van der Waals surface area contributed by atoms with Crippen molar-refractivity contribution in [2.24, 2.45) is 5.92 Å². The van der Waals surface area contributed by atoms with Crippen molar-refractivity contribution in [2.75, 3.05) is 19.8 Å². The second-order valence-corrected chi connectivity index (χ2v) is 10.6. The van der Waals surface area contributed by atoms with Gasteiger partial charge in [0.15, 0.2) is 5.78 Å². The molecule has 0 saturated carbocycles. The summed E-state index contributed by atoms with van der Waals surface area (Å²) in [5, 5.41) is 4.25. The molecule has 1 aromatic heterocycles. The molecule has 1 amide bonds. The average molecular weight is 520 g/mol. The molecule has 2 saturated heterocycles. The number of aromatic nitrogens is 2. The molecule has 39 heavy (non-hydrogen) atoms. The second-order valence-electron chi connectivity index (χ2n) is 10.6. The van der Waals surface area contributed by atoms with E-state index in [2.05, 4.69) is 29.4 Å². The van der Waals surface area contributed by atoms with Gasteiger partial charge < -0.3 is 9.47 Å². The van der Waals surface area contributed by atoms with Crippen molar-refractivity contribution in [2.45, 2.75) is 30.8 Å². The van der Waals surface area contributed by atoms with E-state index < -0.39 is 0 Å². The van der Waals surface area contributed by atoms with Gasteiger partial charge in [0.2, 0.25) is 0 Å². The van der Waals surface area contributed by atoms with Crippen LogP contribution >= 0.6 is 0 Å². The van der Waals surface area contributed by atoms with Gasteiger partial charge in [0.1, 0.15) is 6.61 Å². The van der Waals surface area contributed by atoms with Crippen LogP contribution in [0.15, 0.2) is 91.3 Å². The van der Waals surface area contributed by atoms with Crippen molar-refractivity contribution in [3.63, 3.8) is 0 Å². The number of hydrogen-bond donors (Lipinski definition) is 0. The monoisotopic (exact) mass is 519 g/mol.